The summed E-state index contributed by atoms with van der Waals surface area (Å²) < 4.78 is 40.6. The average molecular weight is 393 g/mol. The molecule has 1 aliphatic rings. The van der Waals surface area contributed by atoms with Crippen LogP contribution in [-0.4, -0.2) is 24.2 Å². The zero-order valence-electron chi connectivity index (χ0n) is 16.5. The highest BCUT2D eigenvalue weighted by Gasteiger charge is 2.34. The molecular weight excluding hydrogens is 363 g/mol. The van der Waals surface area contributed by atoms with Crippen LogP contribution in [0.1, 0.15) is 64.9 Å². The van der Waals surface area contributed by atoms with Crippen LogP contribution in [0, 0.1) is 11.7 Å². The zero-order valence-corrected chi connectivity index (χ0v) is 17.3. The fraction of sp³-hybridized carbons (Fsp3) is 0.571. The number of benzene rings is 1. The van der Waals surface area contributed by atoms with E-state index in [1.165, 1.54) is 6.07 Å². The molecule has 1 aromatic carbocycles. The predicted molar refractivity (Wildman–Crippen MR) is 108 cm³/mol. The first-order valence-corrected chi connectivity index (χ1v) is 11.1. The van der Waals surface area contributed by atoms with Crippen LogP contribution in [0.4, 0.5) is 4.39 Å². The molecule has 0 bridgehead atoms. The van der Waals surface area contributed by atoms with Gasteiger partial charge in [0, 0.05) is 17.6 Å². The molecule has 1 heterocycles. The van der Waals surface area contributed by atoms with Gasteiger partial charge in [-0.1, -0.05) is 0 Å². The molecule has 6 heteroatoms. The van der Waals surface area contributed by atoms with E-state index in [-0.39, 0.29) is 11.9 Å². The molecule has 0 spiro atoms. The van der Waals surface area contributed by atoms with Gasteiger partial charge in [-0.25, -0.2) is 17.5 Å². The minimum atomic E-state index is -3.35. The number of hydrogen-bond acceptors (Lipinski definition) is 3. The molecule has 27 heavy (non-hydrogen) atoms. The molecule has 0 radical (unpaired) electrons. The average Bonchev–Trinajstić information content (AvgIpc) is 2.60. The van der Waals surface area contributed by atoms with Gasteiger partial charge in [0.05, 0.1) is 10.3 Å². The highest BCUT2D eigenvalue weighted by atomic mass is 32.2. The highest BCUT2D eigenvalue weighted by Crippen LogP contribution is 2.39. The second-order valence-electron chi connectivity index (χ2n) is 8.70. The van der Waals surface area contributed by atoms with E-state index in [1.54, 1.807) is 39.1 Å². The lowest BCUT2D eigenvalue weighted by atomic mass is 9.76. The third kappa shape index (κ3) is 4.32. The van der Waals surface area contributed by atoms with E-state index in [4.69, 9.17) is 0 Å². The first kappa shape index (κ1) is 20.2. The smallest absolute Gasteiger partial charge is 0.216 e. The van der Waals surface area contributed by atoms with E-state index in [9.17, 15) is 12.8 Å². The van der Waals surface area contributed by atoms with Crippen molar-refractivity contribution in [2.24, 2.45) is 5.92 Å². The van der Waals surface area contributed by atoms with Crippen molar-refractivity contribution < 1.29 is 12.8 Å². The Kier molecular flexibility index (Phi) is 5.59. The second-order valence-corrected chi connectivity index (χ2v) is 11.2. The van der Waals surface area contributed by atoms with Gasteiger partial charge in [0.15, 0.2) is 0 Å². The first-order valence-electron chi connectivity index (χ1n) is 9.64. The summed E-state index contributed by atoms with van der Waals surface area (Å²) in [5, 5.41) is 0.891. The number of hydrogen-bond donors (Lipinski definition) is 1. The topological polar surface area (TPSA) is 59.1 Å². The molecule has 1 N–H and O–H groups in total. The normalized spacial score (nSPS) is 22.7. The van der Waals surface area contributed by atoms with Crippen molar-refractivity contribution >= 4 is 20.9 Å². The molecule has 0 aliphatic heterocycles. The molecule has 1 atom stereocenters. The SMILES string of the molecule is C[C@@H](NS(=O)(=O)C(C)(C)C)[C@H]1CC[C@@H](c2ccnc3ccc(F)cc32)CC1. The lowest BCUT2D eigenvalue weighted by Crippen LogP contribution is -2.46. The Morgan fingerprint density at radius 2 is 1.81 bits per heavy atom. The molecule has 1 fully saturated rings. The summed E-state index contributed by atoms with van der Waals surface area (Å²) in [5.74, 6) is 0.443. The van der Waals surface area contributed by atoms with Crippen LogP contribution in [0.5, 0.6) is 0 Å². The fourth-order valence-electron chi connectivity index (χ4n) is 3.94. The van der Waals surface area contributed by atoms with Crippen LogP contribution in [0.2, 0.25) is 0 Å². The molecule has 1 aromatic heterocycles. The predicted octanol–water partition coefficient (Wildman–Crippen LogP) is 4.75. The number of pyridine rings is 1. The number of halogens is 1. The van der Waals surface area contributed by atoms with Gasteiger partial charge >= 0.3 is 0 Å². The molecule has 3 rings (SSSR count). The molecule has 0 amide bonds. The van der Waals surface area contributed by atoms with Crippen molar-refractivity contribution in [2.75, 3.05) is 0 Å². The molecule has 0 unspecified atom stereocenters. The number of rotatable bonds is 4. The summed E-state index contributed by atoms with van der Waals surface area (Å²) in [6, 6.07) is 6.66. The summed E-state index contributed by atoms with van der Waals surface area (Å²) in [7, 11) is -3.35. The van der Waals surface area contributed by atoms with Crippen molar-refractivity contribution in [3.8, 4) is 0 Å². The van der Waals surface area contributed by atoms with Crippen molar-refractivity contribution in [3.05, 3.63) is 41.8 Å². The van der Waals surface area contributed by atoms with Crippen LogP contribution in [0.15, 0.2) is 30.5 Å². The lowest BCUT2D eigenvalue weighted by molar-refractivity contribution is 0.280. The van der Waals surface area contributed by atoms with Gasteiger partial charge in [0.1, 0.15) is 5.82 Å². The second kappa shape index (κ2) is 7.47. The fourth-order valence-corrected chi connectivity index (χ4v) is 4.98. The van der Waals surface area contributed by atoms with Gasteiger partial charge in [0.25, 0.3) is 0 Å². The minimum Gasteiger partial charge on any atom is -0.256 e. The van der Waals surface area contributed by atoms with E-state index in [1.807, 2.05) is 13.0 Å². The Labute approximate surface area is 161 Å². The van der Waals surface area contributed by atoms with Crippen LogP contribution < -0.4 is 4.72 Å². The molecule has 1 aliphatic carbocycles. The zero-order chi connectivity index (χ0) is 19.8. The van der Waals surface area contributed by atoms with Crippen molar-refractivity contribution in [2.45, 2.75) is 70.1 Å². The monoisotopic (exact) mass is 392 g/mol. The van der Waals surface area contributed by atoms with Crippen LogP contribution in [-0.2, 0) is 10.0 Å². The summed E-state index contributed by atoms with van der Waals surface area (Å²) in [4.78, 5) is 4.34. The highest BCUT2D eigenvalue weighted by molar-refractivity contribution is 7.90. The minimum absolute atomic E-state index is 0.0817. The Morgan fingerprint density at radius 3 is 2.44 bits per heavy atom. The van der Waals surface area contributed by atoms with Crippen molar-refractivity contribution in [1.29, 1.82) is 0 Å². The van der Waals surface area contributed by atoms with E-state index in [0.29, 0.717) is 11.8 Å². The maximum atomic E-state index is 13.7. The van der Waals surface area contributed by atoms with Crippen molar-refractivity contribution in [1.82, 2.24) is 9.71 Å². The largest absolute Gasteiger partial charge is 0.256 e. The van der Waals surface area contributed by atoms with Gasteiger partial charge in [-0.3, -0.25) is 4.98 Å². The number of nitrogens with one attached hydrogen (secondary N) is 1. The Hall–Kier alpha value is -1.53. The summed E-state index contributed by atoms with van der Waals surface area (Å²) in [5.41, 5.74) is 1.98. The van der Waals surface area contributed by atoms with Gasteiger partial charge in [0.2, 0.25) is 10.0 Å². The van der Waals surface area contributed by atoms with Crippen LogP contribution >= 0.6 is 0 Å². The number of sulfonamides is 1. The number of aromatic nitrogens is 1. The summed E-state index contributed by atoms with van der Waals surface area (Å²) in [6.45, 7) is 7.11. The maximum Gasteiger partial charge on any atom is 0.216 e. The maximum absolute atomic E-state index is 13.7. The van der Waals surface area contributed by atoms with E-state index < -0.39 is 14.8 Å². The van der Waals surface area contributed by atoms with Crippen LogP contribution in [0.3, 0.4) is 0 Å². The van der Waals surface area contributed by atoms with E-state index >= 15 is 0 Å². The van der Waals surface area contributed by atoms with E-state index in [2.05, 4.69) is 9.71 Å². The first-order chi connectivity index (χ1) is 12.6. The molecule has 4 nitrogen and oxygen atoms in total. The van der Waals surface area contributed by atoms with Gasteiger partial charge < -0.3 is 0 Å². The summed E-state index contributed by atoms with van der Waals surface area (Å²) >= 11 is 0. The molecule has 2 aromatic rings. The third-order valence-corrected chi connectivity index (χ3v) is 8.10. The van der Waals surface area contributed by atoms with Crippen molar-refractivity contribution in [3.63, 3.8) is 0 Å². The molecule has 1 saturated carbocycles. The Balaban J connectivity index is 1.70. The lowest BCUT2D eigenvalue weighted by Gasteiger charge is -2.34. The number of nitrogens with zero attached hydrogens (tertiary/aromatic N) is 1. The van der Waals surface area contributed by atoms with Gasteiger partial charge in [-0.15, -0.1) is 0 Å². The van der Waals surface area contributed by atoms with Gasteiger partial charge in [-0.2, -0.15) is 0 Å². The third-order valence-electron chi connectivity index (χ3n) is 5.80. The number of fused-ring (bicyclic) bond motifs is 1. The van der Waals surface area contributed by atoms with E-state index in [0.717, 1.165) is 42.1 Å². The Bertz CT molecular complexity index is 913. The quantitative estimate of drug-likeness (QED) is 0.816. The molecule has 148 valence electrons. The standard InChI is InChI=1S/C21H29FN2O2S/c1-14(24-27(25,26)21(2,3)4)15-5-7-16(8-6-15)18-11-12-23-20-10-9-17(22)13-19(18)20/h9-16,24H,5-8H2,1-4H3/t14-,15-,16+/m1/s1. The van der Waals surface area contributed by atoms with Crippen LogP contribution in [0.25, 0.3) is 10.9 Å². The Morgan fingerprint density at radius 1 is 1.15 bits per heavy atom. The summed E-state index contributed by atoms with van der Waals surface area (Å²) in [6.07, 6.45) is 5.65. The van der Waals surface area contributed by atoms with Gasteiger partial charge in [-0.05, 0) is 95.0 Å². The molecule has 0 saturated heterocycles. The molecular formula is C21H29FN2O2S.